The van der Waals surface area contributed by atoms with Gasteiger partial charge in [-0.05, 0) is 33.6 Å². The molecule has 1 saturated heterocycles. The summed E-state index contributed by atoms with van der Waals surface area (Å²) in [6.45, 7) is 7.16. The lowest BCUT2D eigenvalue weighted by atomic mass is 10.1. The molecule has 6 heteroatoms. The highest BCUT2D eigenvalue weighted by atomic mass is 16.5. The van der Waals surface area contributed by atoms with Crippen molar-refractivity contribution in [2.75, 3.05) is 20.2 Å². The Labute approximate surface area is 108 Å². The van der Waals surface area contributed by atoms with Crippen LogP contribution in [0.5, 0.6) is 0 Å². The first-order valence-electron chi connectivity index (χ1n) is 6.23. The van der Waals surface area contributed by atoms with Gasteiger partial charge in [0.25, 0.3) is 0 Å². The van der Waals surface area contributed by atoms with Crippen LogP contribution >= 0.6 is 0 Å². The van der Waals surface area contributed by atoms with Crippen molar-refractivity contribution in [3.05, 3.63) is 0 Å². The van der Waals surface area contributed by atoms with Gasteiger partial charge in [0.1, 0.15) is 0 Å². The summed E-state index contributed by atoms with van der Waals surface area (Å²) >= 11 is 0. The molecule has 18 heavy (non-hydrogen) atoms. The Balaban J connectivity index is 2.35. The SMILES string of the molecule is COC(=O)NC1CCN(C(=O)NC(C)(C)C)CC1. The van der Waals surface area contributed by atoms with Gasteiger partial charge in [0.05, 0.1) is 7.11 Å². The fraction of sp³-hybridized carbons (Fsp3) is 0.833. The molecule has 6 nitrogen and oxygen atoms in total. The number of nitrogens with one attached hydrogen (secondary N) is 2. The predicted octanol–water partition coefficient (Wildman–Crippen LogP) is 1.31. The van der Waals surface area contributed by atoms with Crippen molar-refractivity contribution in [1.29, 1.82) is 0 Å². The highest BCUT2D eigenvalue weighted by Crippen LogP contribution is 2.11. The first kappa shape index (κ1) is 14.6. The van der Waals surface area contributed by atoms with E-state index in [1.54, 1.807) is 4.90 Å². The summed E-state index contributed by atoms with van der Waals surface area (Å²) in [4.78, 5) is 24.7. The van der Waals surface area contributed by atoms with E-state index in [2.05, 4.69) is 15.4 Å². The Kier molecular flexibility index (Phi) is 4.81. The lowest BCUT2D eigenvalue weighted by molar-refractivity contribution is 0.150. The summed E-state index contributed by atoms with van der Waals surface area (Å²) in [5.41, 5.74) is -0.224. The smallest absolute Gasteiger partial charge is 0.407 e. The first-order valence-corrected chi connectivity index (χ1v) is 6.23. The topological polar surface area (TPSA) is 70.7 Å². The van der Waals surface area contributed by atoms with Crippen LogP contribution in [0, 0.1) is 0 Å². The van der Waals surface area contributed by atoms with Crippen molar-refractivity contribution in [3.63, 3.8) is 0 Å². The number of carbonyl (C=O) groups is 2. The maximum atomic E-state index is 11.9. The van der Waals surface area contributed by atoms with Gasteiger partial charge in [-0.15, -0.1) is 0 Å². The molecule has 0 aromatic rings. The van der Waals surface area contributed by atoms with Crippen molar-refractivity contribution in [1.82, 2.24) is 15.5 Å². The number of hydrogen-bond acceptors (Lipinski definition) is 3. The Morgan fingerprint density at radius 1 is 1.22 bits per heavy atom. The number of piperidine rings is 1. The number of methoxy groups -OCH3 is 1. The third-order valence-corrected chi connectivity index (χ3v) is 2.77. The average Bonchev–Trinajstić information content (AvgIpc) is 2.27. The van der Waals surface area contributed by atoms with Gasteiger partial charge in [0.15, 0.2) is 0 Å². The minimum absolute atomic E-state index is 0.0426. The lowest BCUT2D eigenvalue weighted by Gasteiger charge is -2.34. The van der Waals surface area contributed by atoms with E-state index in [0.29, 0.717) is 13.1 Å². The molecule has 1 aliphatic rings. The lowest BCUT2D eigenvalue weighted by Crippen LogP contribution is -2.53. The number of hydrogen-bond donors (Lipinski definition) is 2. The average molecular weight is 257 g/mol. The summed E-state index contributed by atoms with van der Waals surface area (Å²) in [7, 11) is 1.35. The minimum Gasteiger partial charge on any atom is -0.453 e. The second kappa shape index (κ2) is 5.93. The largest absolute Gasteiger partial charge is 0.453 e. The number of amides is 3. The van der Waals surface area contributed by atoms with Crippen LogP contribution in [0.3, 0.4) is 0 Å². The number of carbonyl (C=O) groups excluding carboxylic acids is 2. The molecule has 1 fully saturated rings. The Morgan fingerprint density at radius 2 is 1.78 bits per heavy atom. The molecule has 1 rings (SSSR count). The molecule has 0 atom stereocenters. The zero-order valence-electron chi connectivity index (χ0n) is 11.6. The Bertz CT molecular complexity index is 304. The van der Waals surface area contributed by atoms with Crippen LogP contribution in [0.25, 0.3) is 0 Å². The molecular formula is C12H23N3O3. The standard InChI is InChI=1S/C12H23N3O3/c1-12(2,3)14-10(16)15-7-5-9(6-8-15)13-11(17)18-4/h9H,5-8H2,1-4H3,(H,13,17)(H,14,16). The zero-order chi connectivity index (χ0) is 13.8. The second-order valence-electron chi connectivity index (χ2n) is 5.58. The molecule has 2 N–H and O–H groups in total. The van der Waals surface area contributed by atoms with E-state index in [0.717, 1.165) is 12.8 Å². The molecule has 0 radical (unpaired) electrons. The van der Waals surface area contributed by atoms with E-state index < -0.39 is 6.09 Å². The van der Waals surface area contributed by atoms with E-state index in [1.165, 1.54) is 7.11 Å². The van der Waals surface area contributed by atoms with Gasteiger partial charge in [0.2, 0.25) is 0 Å². The molecule has 0 aromatic carbocycles. The molecule has 0 bridgehead atoms. The normalized spacial score (nSPS) is 17.2. The van der Waals surface area contributed by atoms with Crippen LogP contribution in [0.1, 0.15) is 33.6 Å². The van der Waals surface area contributed by atoms with Gasteiger partial charge in [-0.1, -0.05) is 0 Å². The summed E-state index contributed by atoms with van der Waals surface area (Å²) in [5.74, 6) is 0. The van der Waals surface area contributed by atoms with Gasteiger partial charge in [0, 0.05) is 24.7 Å². The zero-order valence-corrected chi connectivity index (χ0v) is 11.6. The van der Waals surface area contributed by atoms with Gasteiger partial charge >= 0.3 is 12.1 Å². The summed E-state index contributed by atoms with van der Waals surface area (Å²) in [6.07, 6.45) is 1.10. The van der Waals surface area contributed by atoms with Gasteiger partial charge < -0.3 is 20.3 Å². The van der Waals surface area contributed by atoms with Crippen LogP contribution in [-0.4, -0.2) is 48.8 Å². The minimum atomic E-state index is -0.410. The maximum Gasteiger partial charge on any atom is 0.407 e. The number of nitrogens with zero attached hydrogens (tertiary/aromatic N) is 1. The molecular weight excluding hydrogens is 234 g/mol. The molecule has 1 aliphatic heterocycles. The number of rotatable bonds is 1. The summed E-state index contributed by atoms with van der Waals surface area (Å²) < 4.78 is 4.55. The summed E-state index contributed by atoms with van der Waals surface area (Å²) in [5, 5.41) is 5.69. The molecule has 0 aliphatic carbocycles. The molecule has 0 aromatic heterocycles. The third kappa shape index (κ3) is 4.81. The number of ether oxygens (including phenoxy) is 1. The van der Waals surface area contributed by atoms with Crippen molar-refractivity contribution in [2.24, 2.45) is 0 Å². The Hall–Kier alpha value is -1.46. The predicted molar refractivity (Wildman–Crippen MR) is 68.4 cm³/mol. The number of urea groups is 1. The number of alkyl carbamates (subject to hydrolysis) is 1. The molecule has 3 amide bonds. The maximum absolute atomic E-state index is 11.9. The van der Waals surface area contributed by atoms with Crippen molar-refractivity contribution >= 4 is 12.1 Å². The third-order valence-electron chi connectivity index (χ3n) is 2.77. The molecule has 1 heterocycles. The molecule has 0 spiro atoms. The highest BCUT2D eigenvalue weighted by Gasteiger charge is 2.25. The van der Waals surface area contributed by atoms with Crippen LogP contribution in [0.4, 0.5) is 9.59 Å². The fourth-order valence-electron chi connectivity index (χ4n) is 1.85. The highest BCUT2D eigenvalue weighted by molar-refractivity contribution is 5.75. The first-order chi connectivity index (χ1) is 8.31. The monoisotopic (exact) mass is 257 g/mol. The molecule has 104 valence electrons. The van der Waals surface area contributed by atoms with E-state index in [4.69, 9.17) is 0 Å². The Morgan fingerprint density at radius 3 is 2.22 bits per heavy atom. The second-order valence-corrected chi connectivity index (χ2v) is 5.58. The van der Waals surface area contributed by atoms with Crippen LogP contribution in [-0.2, 0) is 4.74 Å². The van der Waals surface area contributed by atoms with Gasteiger partial charge in [-0.2, -0.15) is 0 Å². The molecule has 0 unspecified atom stereocenters. The van der Waals surface area contributed by atoms with E-state index in [1.807, 2.05) is 20.8 Å². The summed E-state index contributed by atoms with van der Waals surface area (Å²) in [6, 6.07) is 0.0511. The fourth-order valence-corrected chi connectivity index (χ4v) is 1.85. The van der Waals surface area contributed by atoms with Crippen LogP contribution in [0.2, 0.25) is 0 Å². The quantitative estimate of drug-likeness (QED) is 0.744. The van der Waals surface area contributed by atoms with Crippen LogP contribution < -0.4 is 10.6 Å². The number of likely N-dealkylation sites (tertiary alicyclic amines) is 1. The van der Waals surface area contributed by atoms with Crippen molar-refractivity contribution in [2.45, 2.75) is 45.2 Å². The van der Waals surface area contributed by atoms with E-state index in [9.17, 15) is 9.59 Å². The van der Waals surface area contributed by atoms with Gasteiger partial charge in [-0.25, -0.2) is 9.59 Å². The van der Waals surface area contributed by atoms with E-state index in [-0.39, 0.29) is 17.6 Å². The van der Waals surface area contributed by atoms with Crippen LogP contribution in [0.15, 0.2) is 0 Å². The van der Waals surface area contributed by atoms with Gasteiger partial charge in [-0.3, -0.25) is 0 Å². The van der Waals surface area contributed by atoms with Crippen molar-refractivity contribution in [3.8, 4) is 0 Å². The molecule has 0 saturated carbocycles. The van der Waals surface area contributed by atoms with E-state index >= 15 is 0 Å². The van der Waals surface area contributed by atoms with Crippen molar-refractivity contribution < 1.29 is 14.3 Å².